The number of carboxylic acid groups (broad SMARTS) is 1. The molecule has 0 spiro atoms. The van der Waals surface area contributed by atoms with Gasteiger partial charge in [0.1, 0.15) is 6.04 Å². The highest BCUT2D eigenvalue weighted by molar-refractivity contribution is 5.73. The van der Waals surface area contributed by atoms with Crippen LogP contribution in [0.2, 0.25) is 0 Å². The van der Waals surface area contributed by atoms with E-state index in [9.17, 15) is 4.79 Å². The molecule has 4 heteroatoms. The van der Waals surface area contributed by atoms with Crippen molar-refractivity contribution >= 4 is 5.97 Å². The monoisotopic (exact) mass is 242 g/mol. The van der Waals surface area contributed by atoms with Crippen LogP contribution in [-0.4, -0.2) is 37.3 Å². The Morgan fingerprint density at radius 1 is 1.41 bits per heavy atom. The van der Waals surface area contributed by atoms with Crippen molar-refractivity contribution in [3.05, 3.63) is 0 Å². The molecule has 0 radical (unpaired) electrons. The van der Waals surface area contributed by atoms with Crippen LogP contribution in [0.25, 0.3) is 0 Å². The summed E-state index contributed by atoms with van der Waals surface area (Å²) in [5, 5.41) is 15.0. The summed E-state index contributed by atoms with van der Waals surface area (Å²) in [6.07, 6.45) is 5.34. The minimum Gasteiger partial charge on any atom is -0.480 e. The lowest BCUT2D eigenvalue weighted by Gasteiger charge is -2.32. The summed E-state index contributed by atoms with van der Waals surface area (Å²) >= 11 is 0. The molecule has 0 amide bonds. The first kappa shape index (κ1) is 14.5. The predicted molar refractivity (Wildman–Crippen MR) is 69.1 cm³/mol. The van der Waals surface area contributed by atoms with E-state index in [1.807, 2.05) is 0 Å². The summed E-state index contributed by atoms with van der Waals surface area (Å²) in [5.74, 6) is -0.00784. The molecule has 1 aliphatic carbocycles. The van der Waals surface area contributed by atoms with Gasteiger partial charge in [-0.05, 0) is 31.2 Å². The van der Waals surface area contributed by atoms with Gasteiger partial charge in [-0.15, -0.1) is 0 Å². The summed E-state index contributed by atoms with van der Waals surface area (Å²) in [6.45, 7) is 5.95. The third kappa shape index (κ3) is 4.28. The van der Waals surface area contributed by atoms with E-state index in [0.29, 0.717) is 6.54 Å². The fourth-order valence-electron chi connectivity index (χ4n) is 2.70. The average Bonchev–Trinajstić information content (AvgIpc) is 2.77. The van der Waals surface area contributed by atoms with E-state index >= 15 is 0 Å². The van der Waals surface area contributed by atoms with E-state index in [4.69, 9.17) is 5.11 Å². The van der Waals surface area contributed by atoms with E-state index in [1.165, 1.54) is 25.7 Å². The zero-order valence-electron chi connectivity index (χ0n) is 11.3. The van der Waals surface area contributed by atoms with Crippen molar-refractivity contribution in [1.29, 1.82) is 0 Å². The Balaban J connectivity index is 2.31. The second-order valence-corrected chi connectivity index (χ2v) is 5.78. The quantitative estimate of drug-likeness (QED) is 0.632. The largest absolute Gasteiger partial charge is 0.480 e. The molecule has 1 aliphatic rings. The van der Waals surface area contributed by atoms with Gasteiger partial charge in [0, 0.05) is 13.1 Å². The Kier molecular flexibility index (Phi) is 5.40. The molecule has 0 bridgehead atoms. The standard InChI is InChI=1S/C13H26N2O2/c1-13(2,10-6-4-5-7-10)9-15-8-11(14-3)12(16)17/h10-11,14-15H,4-9H2,1-3H3,(H,16,17). The summed E-state index contributed by atoms with van der Waals surface area (Å²) in [7, 11) is 1.68. The molecule has 0 heterocycles. The molecule has 0 aromatic heterocycles. The fraction of sp³-hybridized carbons (Fsp3) is 0.923. The lowest BCUT2D eigenvalue weighted by atomic mass is 9.77. The molecule has 100 valence electrons. The number of carboxylic acids is 1. The third-order valence-corrected chi connectivity index (χ3v) is 4.04. The topological polar surface area (TPSA) is 61.4 Å². The molecular formula is C13H26N2O2. The lowest BCUT2D eigenvalue weighted by molar-refractivity contribution is -0.139. The molecule has 0 aromatic rings. The Bertz CT molecular complexity index is 248. The number of aliphatic carboxylic acids is 1. The fourth-order valence-corrected chi connectivity index (χ4v) is 2.70. The molecule has 1 saturated carbocycles. The van der Waals surface area contributed by atoms with Crippen LogP contribution in [0, 0.1) is 11.3 Å². The van der Waals surface area contributed by atoms with Gasteiger partial charge >= 0.3 is 5.97 Å². The number of rotatable bonds is 7. The molecular weight excluding hydrogens is 216 g/mol. The van der Waals surface area contributed by atoms with Crippen LogP contribution < -0.4 is 10.6 Å². The Labute approximate surface area is 104 Å². The Hall–Kier alpha value is -0.610. The van der Waals surface area contributed by atoms with Gasteiger partial charge in [0.25, 0.3) is 0 Å². The lowest BCUT2D eigenvalue weighted by Crippen LogP contribution is -2.45. The maximum atomic E-state index is 10.8. The third-order valence-electron chi connectivity index (χ3n) is 4.04. The van der Waals surface area contributed by atoms with Crippen molar-refractivity contribution in [3.63, 3.8) is 0 Å². The maximum absolute atomic E-state index is 10.8. The zero-order valence-corrected chi connectivity index (χ0v) is 11.3. The van der Waals surface area contributed by atoms with E-state index in [-0.39, 0.29) is 5.41 Å². The number of carbonyl (C=O) groups is 1. The number of hydrogen-bond donors (Lipinski definition) is 3. The second kappa shape index (κ2) is 6.36. The van der Waals surface area contributed by atoms with Crippen molar-refractivity contribution in [2.24, 2.45) is 11.3 Å². The molecule has 1 rings (SSSR count). The van der Waals surface area contributed by atoms with Crippen LogP contribution in [0.4, 0.5) is 0 Å². The molecule has 0 saturated heterocycles. The molecule has 1 unspecified atom stereocenters. The Morgan fingerprint density at radius 2 is 2.00 bits per heavy atom. The highest BCUT2D eigenvalue weighted by Crippen LogP contribution is 2.38. The van der Waals surface area contributed by atoms with Gasteiger partial charge in [0.05, 0.1) is 0 Å². The minimum atomic E-state index is -0.793. The van der Waals surface area contributed by atoms with Gasteiger partial charge < -0.3 is 15.7 Å². The van der Waals surface area contributed by atoms with Gasteiger partial charge in [0.15, 0.2) is 0 Å². The van der Waals surface area contributed by atoms with Crippen LogP contribution in [0.3, 0.4) is 0 Å². The summed E-state index contributed by atoms with van der Waals surface area (Å²) < 4.78 is 0. The van der Waals surface area contributed by atoms with Crippen molar-refractivity contribution < 1.29 is 9.90 Å². The van der Waals surface area contributed by atoms with E-state index in [2.05, 4.69) is 24.5 Å². The Morgan fingerprint density at radius 3 is 2.47 bits per heavy atom. The van der Waals surface area contributed by atoms with Crippen LogP contribution in [0.5, 0.6) is 0 Å². The van der Waals surface area contributed by atoms with Gasteiger partial charge in [-0.2, -0.15) is 0 Å². The summed E-state index contributed by atoms with van der Waals surface area (Å²) in [6, 6.07) is -0.491. The molecule has 1 fully saturated rings. The maximum Gasteiger partial charge on any atom is 0.322 e. The van der Waals surface area contributed by atoms with Gasteiger partial charge in [-0.3, -0.25) is 4.79 Å². The van der Waals surface area contributed by atoms with Crippen LogP contribution in [-0.2, 0) is 4.79 Å². The number of hydrogen-bond acceptors (Lipinski definition) is 3. The molecule has 0 aliphatic heterocycles. The molecule has 17 heavy (non-hydrogen) atoms. The zero-order chi connectivity index (χ0) is 12.9. The normalized spacial score (nSPS) is 19.5. The number of likely N-dealkylation sites (N-methyl/N-ethyl adjacent to an activating group) is 1. The van der Waals surface area contributed by atoms with Crippen molar-refractivity contribution in [2.45, 2.75) is 45.6 Å². The second-order valence-electron chi connectivity index (χ2n) is 5.78. The van der Waals surface area contributed by atoms with Crippen LogP contribution in [0.15, 0.2) is 0 Å². The first-order chi connectivity index (χ1) is 7.97. The predicted octanol–water partition coefficient (Wildman–Crippen LogP) is 1.46. The van der Waals surface area contributed by atoms with Crippen LogP contribution in [0.1, 0.15) is 39.5 Å². The van der Waals surface area contributed by atoms with Gasteiger partial charge in [0.2, 0.25) is 0 Å². The molecule has 1 atom stereocenters. The SMILES string of the molecule is CNC(CNCC(C)(C)C1CCCC1)C(=O)O. The number of nitrogens with one attached hydrogen (secondary N) is 2. The van der Waals surface area contributed by atoms with Gasteiger partial charge in [-0.1, -0.05) is 26.7 Å². The highest BCUT2D eigenvalue weighted by Gasteiger charge is 2.31. The summed E-state index contributed by atoms with van der Waals surface area (Å²) in [5.41, 5.74) is 0.271. The first-order valence-electron chi connectivity index (χ1n) is 6.58. The van der Waals surface area contributed by atoms with Crippen molar-refractivity contribution in [2.75, 3.05) is 20.1 Å². The van der Waals surface area contributed by atoms with E-state index in [0.717, 1.165) is 12.5 Å². The average molecular weight is 242 g/mol. The highest BCUT2D eigenvalue weighted by atomic mass is 16.4. The molecule has 4 nitrogen and oxygen atoms in total. The first-order valence-corrected chi connectivity index (χ1v) is 6.58. The summed E-state index contributed by atoms with van der Waals surface area (Å²) in [4.78, 5) is 10.8. The smallest absolute Gasteiger partial charge is 0.322 e. The van der Waals surface area contributed by atoms with Gasteiger partial charge in [-0.25, -0.2) is 0 Å². The minimum absolute atomic E-state index is 0.271. The molecule has 3 N–H and O–H groups in total. The van der Waals surface area contributed by atoms with E-state index in [1.54, 1.807) is 7.05 Å². The van der Waals surface area contributed by atoms with Crippen molar-refractivity contribution in [3.8, 4) is 0 Å². The molecule has 0 aromatic carbocycles. The van der Waals surface area contributed by atoms with Crippen LogP contribution >= 0.6 is 0 Å². The van der Waals surface area contributed by atoms with Crippen molar-refractivity contribution in [1.82, 2.24) is 10.6 Å². The van der Waals surface area contributed by atoms with E-state index < -0.39 is 12.0 Å².